The molecule has 3 aliphatic rings. The van der Waals surface area contributed by atoms with E-state index in [0.717, 1.165) is 57.8 Å². The van der Waals surface area contributed by atoms with Crippen LogP contribution in [0.2, 0.25) is 0 Å². The molecule has 0 saturated heterocycles. The summed E-state index contributed by atoms with van der Waals surface area (Å²) in [6.45, 7) is 8.57. The number of aromatic nitrogens is 4. The molecule has 2 aromatic rings. The first-order valence-corrected chi connectivity index (χ1v) is 9.83. The van der Waals surface area contributed by atoms with Crippen molar-refractivity contribution in [1.82, 2.24) is 19.9 Å². The molecule has 0 radical (unpaired) electrons. The van der Waals surface area contributed by atoms with E-state index in [1.165, 1.54) is 22.5 Å². The Labute approximate surface area is 164 Å². The van der Waals surface area contributed by atoms with Crippen LogP contribution in [0.15, 0.2) is 12.1 Å². The van der Waals surface area contributed by atoms with E-state index in [4.69, 9.17) is 9.97 Å². The van der Waals surface area contributed by atoms with Crippen molar-refractivity contribution in [3.05, 3.63) is 68.6 Å². The van der Waals surface area contributed by atoms with Gasteiger partial charge in [0.2, 0.25) is 0 Å². The largest absolute Gasteiger partial charge is 0.362 e. The number of rotatable bonds is 0. The monoisotopic (exact) mass is 368 g/mol. The van der Waals surface area contributed by atoms with Gasteiger partial charge in [-0.25, -0.2) is 9.97 Å². The lowest BCUT2D eigenvalue weighted by Gasteiger charge is -1.99. The molecule has 2 N–H and O–H groups in total. The van der Waals surface area contributed by atoms with E-state index in [1.807, 2.05) is 0 Å². The fourth-order valence-corrected chi connectivity index (χ4v) is 4.10. The molecule has 8 bridgehead atoms. The van der Waals surface area contributed by atoms with Crippen molar-refractivity contribution in [2.75, 3.05) is 0 Å². The quantitative estimate of drug-likeness (QED) is 0.437. The molecular weight excluding hydrogens is 344 g/mol. The molecule has 4 nitrogen and oxygen atoms in total. The average Bonchev–Trinajstić information content (AvgIpc) is 3.49. The zero-order valence-electron chi connectivity index (χ0n) is 16.8. The number of hydrogen-bond donors (Lipinski definition) is 2. The van der Waals surface area contributed by atoms with Crippen molar-refractivity contribution >= 4 is 35.3 Å². The second-order valence-corrected chi connectivity index (χ2v) is 7.80. The molecule has 2 aromatic heterocycles. The van der Waals surface area contributed by atoms with E-state index >= 15 is 0 Å². The molecule has 28 heavy (non-hydrogen) atoms. The first kappa shape index (κ1) is 17.0. The Morgan fingerprint density at radius 1 is 0.571 bits per heavy atom. The van der Waals surface area contributed by atoms with Crippen molar-refractivity contribution in [3.8, 4) is 0 Å². The number of aromatic amines is 2. The molecule has 0 unspecified atom stereocenters. The molecule has 0 aliphatic carbocycles. The van der Waals surface area contributed by atoms with Crippen LogP contribution >= 0.6 is 0 Å². The average molecular weight is 368 g/mol. The van der Waals surface area contributed by atoms with Gasteiger partial charge in [0.15, 0.2) is 0 Å². The minimum Gasteiger partial charge on any atom is -0.362 e. The summed E-state index contributed by atoms with van der Waals surface area (Å²) in [5, 5.41) is 0. The van der Waals surface area contributed by atoms with E-state index < -0.39 is 0 Å². The predicted octanol–water partition coefficient (Wildman–Crippen LogP) is 5.40. The number of H-pyrrole nitrogens is 2. The Morgan fingerprint density at radius 3 is 1.39 bits per heavy atom. The van der Waals surface area contributed by atoms with Crippen molar-refractivity contribution in [1.29, 1.82) is 0 Å². The standard InChI is InChI=1S/C24H24N4/c1-13-17-5-7-19(25-17)14(2)21-9-11-23(27-21)16(4)24-12-10-22(28-24)15(3)20-8-6-18(13)26-20/h5-9,11,25,28H,10,12H2,1-4H3. The smallest absolute Gasteiger partial charge is 0.0687 e. The molecule has 5 heterocycles. The number of nitrogens with one attached hydrogen (secondary N) is 2. The molecule has 0 fully saturated rings. The summed E-state index contributed by atoms with van der Waals surface area (Å²) >= 11 is 0. The Hall–Kier alpha value is -3.14. The van der Waals surface area contributed by atoms with Crippen LogP contribution in [-0.2, 0) is 12.8 Å². The summed E-state index contributed by atoms with van der Waals surface area (Å²) in [6.07, 6.45) is 10.5. The van der Waals surface area contributed by atoms with Gasteiger partial charge in [0.05, 0.1) is 22.8 Å². The second-order valence-electron chi connectivity index (χ2n) is 7.80. The van der Waals surface area contributed by atoms with Crippen LogP contribution < -0.4 is 0 Å². The van der Waals surface area contributed by atoms with Gasteiger partial charge in [-0.3, -0.25) is 0 Å². The summed E-state index contributed by atoms with van der Waals surface area (Å²) in [6, 6.07) is 4.26. The van der Waals surface area contributed by atoms with Crippen LogP contribution in [0.4, 0.5) is 0 Å². The maximum Gasteiger partial charge on any atom is 0.0687 e. The van der Waals surface area contributed by atoms with Crippen LogP contribution in [0, 0.1) is 27.7 Å². The maximum atomic E-state index is 4.91. The van der Waals surface area contributed by atoms with Crippen LogP contribution in [0.3, 0.4) is 0 Å². The van der Waals surface area contributed by atoms with Gasteiger partial charge in [0.25, 0.3) is 0 Å². The summed E-state index contributed by atoms with van der Waals surface area (Å²) in [7, 11) is 0. The first-order valence-electron chi connectivity index (χ1n) is 9.83. The summed E-state index contributed by atoms with van der Waals surface area (Å²) < 4.78 is 0. The highest BCUT2D eigenvalue weighted by molar-refractivity contribution is 5.80. The van der Waals surface area contributed by atoms with Crippen LogP contribution in [0.1, 0.15) is 56.4 Å². The highest BCUT2D eigenvalue weighted by Crippen LogP contribution is 2.26. The topological polar surface area (TPSA) is 57.4 Å². The SMILES string of the molecule is Cc1c2nc(c(C)c3ccc([nH]3)c(C)c3nc(c(C)c4[nH]c1CC4)C=C3)C=C2. The summed E-state index contributed by atoms with van der Waals surface area (Å²) in [5.41, 5.74) is 13.6. The Balaban J connectivity index is 1.93. The lowest BCUT2D eigenvalue weighted by molar-refractivity contribution is 0.996. The molecule has 140 valence electrons. The third-order valence-corrected chi connectivity index (χ3v) is 6.14. The molecule has 0 amide bonds. The fraction of sp³-hybridized carbons (Fsp3) is 0.250. The van der Waals surface area contributed by atoms with Gasteiger partial charge in [-0.1, -0.05) is 0 Å². The highest BCUT2D eigenvalue weighted by atomic mass is 14.8. The second kappa shape index (κ2) is 6.20. The van der Waals surface area contributed by atoms with Gasteiger partial charge in [0, 0.05) is 22.4 Å². The van der Waals surface area contributed by atoms with Crippen molar-refractivity contribution < 1.29 is 0 Å². The minimum absolute atomic E-state index is 1.02. The fourth-order valence-electron chi connectivity index (χ4n) is 4.10. The molecule has 0 aromatic carbocycles. The number of fused-ring (bicyclic) bond motifs is 8. The van der Waals surface area contributed by atoms with Crippen LogP contribution in [-0.4, -0.2) is 19.9 Å². The van der Waals surface area contributed by atoms with Gasteiger partial charge in [0.1, 0.15) is 0 Å². The zero-order valence-corrected chi connectivity index (χ0v) is 16.8. The Morgan fingerprint density at radius 2 is 0.964 bits per heavy atom. The molecular formula is C24H24N4. The first-order chi connectivity index (χ1) is 13.5. The number of hydrogen-bond acceptors (Lipinski definition) is 2. The van der Waals surface area contributed by atoms with E-state index in [2.05, 4.69) is 74.1 Å². The highest BCUT2D eigenvalue weighted by Gasteiger charge is 2.15. The Kier molecular flexibility index (Phi) is 3.76. The molecule has 3 aliphatic heterocycles. The molecule has 0 saturated carbocycles. The van der Waals surface area contributed by atoms with E-state index in [9.17, 15) is 0 Å². The molecule has 0 atom stereocenters. The maximum absolute atomic E-state index is 4.91. The van der Waals surface area contributed by atoms with Crippen molar-refractivity contribution in [2.24, 2.45) is 0 Å². The molecule has 4 heteroatoms. The van der Waals surface area contributed by atoms with Gasteiger partial charge in [-0.2, -0.15) is 0 Å². The predicted molar refractivity (Wildman–Crippen MR) is 117 cm³/mol. The zero-order chi connectivity index (χ0) is 19.4. The molecule has 0 spiro atoms. The third kappa shape index (κ3) is 2.60. The number of aryl methyl sites for hydroxylation is 4. The Bertz CT molecular complexity index is 1160. The minimum atomic E-state index is 1.02. The normalized spacial score (nSPS) is 13.9. The van der Waals surface area contributed by atoms with Crippen LogP contribution in [0.5, 0.6) is 0 Å². The van der Waals surface area contributed by atoms with Gasteiger partial charge < -0.3 is 9.97 Å². The lowest BCUT2D eigenvalue weighted by atomic mass is 10.1. The van der Waals surface area contributed by atoms with Crippen molar-refractivity contribution in [2.45, 2.75) is 40.5 Å². The van der Waals surface area contributed by atoms with Crippen molar-refractivity contribution in [3.63, 3.8) is 0 Å². The van der Waals surface area contributed by atoms with E-state index in [0.29, 0.717) is 0 Å². The van der Waals surface area contributed by atoms with E-state index in [-0.39, 0.29) is 0 Å². The van der Waals surface area contributed by atoms with Gasteiger partial charge >= 0.3 is 0 Å². The van der Waals surface area contributed by atoms with Crippen LogP contribution in [0.25, 0.3) is 35.3 Å². The van der Waals surface area contributed by atoms with Gasteiger partial charge in [-0.05, 0) is 99.2 Å². The molecule has 5 rings (SSSR count). The lowest BCUT2D eigenvalue weighted by Crippen LogP contribution is -1.90. The number of nitrogens with zero attached hydrogens (tertiary/aromatic N) is 2. The van der Waals surface area contributed by atoms with Gasteiger partial charge in [-0.15, -0.1) is 0 Å². The summed E-state index contributed by atoms with van der Waals surface area (Å²) in [5.74, 6) is 0. The van der Waals surface area contributed by atoms with E-state index in [1.54, 1.807) is 0 Å². The third-order valence-electron chi connectivity index (χ3n) is 6.14. The summed E-state index contributed by atoms with van der Waals surface area (Å²) in [4.78, 5) is 17.0.